The van der Waals surface area contributed by atoms with E-state index < -0.39 is 21.1 Å². The van der Waals surface area contributed by atoms with Gasteiger partial charge < -0.3 is 9.64 Å². The van der Waals surface area contributed by atoms with E-state index in [-0.39, 0.29) is 5.57 Å². The first kappa shape index (κ1) is 23.9. The Morgan fingerprint density at radius 2 is 2.03 bits per heavy atom. The number of nitrogens with one attached hydrogen (secondary N) is 1. The number of fused-ring (bicyclic) bond motifs is 1. The Labute approximate surface area is 198 Å². The Kier molecular flexibility index (Phi) is 7.56. The van der Waals surface area contributed by atoms with E-state index in [0.717, 1.165) is 10.9 Å². The fraction of sp³-hybridized carbons (Fsp3) is 0.400. The zero-order valence-corrected chi connectivity index (χ0v) is 21.2. The summed E-state index contributed by atoms with van der Waals surface area (Å²) in [5, 5.41) is 9.72. The second-order valence-corrected chi connectivity index (χ2v) is 11.2. The van der Waals surface area contributed by atoms with E-state index in [1.807, 2.05) is 19.1 Å². The summed E-state index contributed by atoms with van der Waals surface area (Å²) in [5.41, 5.74) is 2.30. The molecule has 0 atom stereocenters. The van der Waals surface area contributed by atoms with E-state index in [1.54, 1.807) is 35.1 Å². The Bertz CT molecular complexity index is 1180. The molecule has 2 heterocycles. The fourth-order valence-corrected chi connectivity index (χ4v) is 6.67. The molecule has 1 aromatic heterocycles. The summed E-state index contributed by atoms with van der Waals surface area (Å²) in [7, 11) is 1.22. The lowest BCUT2D eigenvalue weighted by molar-refractivity contribution is 0.0984. The number of ether oxygens (including phenoxy) is 1. The van der Waals surface area contributed by atoms with Crippen LogP contribution in [0.1, 0.15) is 28.9 Å². The number of rotatable bonds is 7. The molecule has 31 heavy (non-hydrogen) atoms. The van der Waals surface area contributed by atoms with E-state index >= 15 is 0 Å². The van der Waals surface area contributed by atoms with Crippen LogP contribution in [0.3, 0.4) is 0 Å². The number of nitriles is 1. The first-order chi connectivity index (χ1) is 14.7. The predicted molar refractivity (Wildman–Crippen MR) is 132 cm³/mol. The molecule has 11 heteroatoms. The zero-order chi connectivity index (χ0) is 22.8. The Hall–Kier alpha value is -1.75. The number of hydrogen-bond donors (Lipinski definition) is 1. The highest BCUT2D eigenvalue weighted by molar-refractivity contribution is 14.2. The van der Waals surface area contributed by atoms with Gasteiger partial charge >= 0.3 is 0 Å². The molecule has 0 bridgehead atoms. The highest BCUT2D eigenvalue weighted by Gasteiger charge is 2.28. The molecule has 8 nitrogen and oxygen atoms in total. The van der Waals surface area contributed by atoms with Crippen molar-refractivity contribution in [2.24, 2.45) is 0 Å². The highest BCUT2D eigenvalue weighted by Crippen LogP contribution is 2.34. The minimum absolute atomic E-state index is 0.0247. The van der Waals surface area contributed by atoms with Gasteiger partial charge in [0, 0.05) is 69.2 Å². The van der Waals surface area contributed by atoms with E-state index in [4.69, 9.17) is 4.74 Å². The van der Waals surface area contributed by atoms with Gasteiger partial charge in [-0.3, -0.25) is 13.5 Å². The van der Waals surface area contributed by atoms with Crippen LogP contribution < -0.4 is 4.72 Å². The molecule has 1 aliphatic rings. The Balaban J connectivity index is 2.03. The number of aryl methyl sites for hydroxylation is 1. The lowest BCUT2D eigenvalue weighted by Gasteiger charge is -2.23. The van der Waals surface area contributed by atoms with Crippen LogP contribution in [0.4, 0.5) is 5.69 Å². The Morgan fingerprint density at radius 1 is 1.35 bits per heavy atom. The third-order valence-electron chi connectivity index (χ3n) is 5.02. The van der Waals surface area contributed by atoms with Crippen LogP contribution >= 0.6 is 30.3 Å². The van der Waals surface area contributed by atoms with E-state index in [9.17, 15) is 18.5 Å². The van der Waals surface area contributed by atoms with Gasteiger partial charge in [-0.25, -0.2) is 8.42 Å². The maximum Gasteiger partial charge on any atom is 0.235 e. The van der Waals surface area contributed by atoms with Crippen LogP contribution in [-0.2, 0) is 14.8 Å². The van der Waals surface area contributed by atoms with Crippen LogP contribution in [-0.4, -0.2) is 55.6 Å². The second kappa shape index (κ2) is 9.81. The molecule has 0 amide bonds. The molecule has 166 valence electrons. The second-order valence-electron chi connectivity index (χ2n) is 7.53. The van der Waals surface area contributed by atoms with Crippen molar-refractivity contribution < 1.29 is 17.9 Å². The molecule has 1 fully saturated rings. The first-order valence-corrected chi connectivity index (χ1v) is 14.4. The van der Waals surface area contributed by atoms with Crippen LogP contribution in [0.2, 0.25) is 0 Å². The number of sulfonamides is 1. The third kappa shape index (κ3) is 5.19. The number of carbonyl (C=O) groups is 1. The first-order valence-electron chi connectivity index (χ1n) is 9.55. The van der Waals surface area contributed by atoms with Gasteiger partial charge in [-0.2, -0.15) is 5.26 Å². The Morgan fingerprint density at radius 3 is 2.61 bits per heavy atom. The van der Waals surface area contributed by atoms with E-state index in [1.165, 1.54) is 15.3 Å². The lowest BCUT2D eigenvalue weighted by atomic mass is 10.1. The predicted octanol–water partition coefficient (Wildman–Crippen LogP) is 3.87. The number of ketones is 1. The molecule has 2 aromatic rings. The average Bonchev–Trinajstić information content (AvgIpc) is 3.09. The number of nitrogens with zero attached hydrogens (tertiary/aromatic N) is 3. The standard InChI is InChI=1S/C20H23IN4O4S2/c1-13-8-14-9-19(20(26)15(11-22)12-24(2)3)25(30-21)18(14)10-17(13)23-31(27,28)16-4-6-29-7-5-16/h8-10,12,16,23H,4-7H2,1-3H3/b15-12+. The van der Waals surface area contributed by atoms with Gasteiger partial charge in [-0.15, -0.1) is 0 Å². The summed E-state index contributed by atoms with van der Waals surface area (Å²) in [6.07, 6.45) is 2.41. The van der Waals surface area contributed by atoms with Crippen LogP contribution in [0, 0.1) is 18.3 Å². The number of halogens is 1. The van der Waals surface area contributed by atoms with E-state index in [2.05, 4.69) is 25.9 Å². The summed E-state index contributed by atoms with van der Waals surface area (Å²) >= 11 is 2.06. The summed E-state index contributed by atoms with van der Waals surface area (Å²) < 4.78 is 35.4. The van der Waals surface area contributed by atoms with Gasteiger partial charge in [0.15, 0.2) is 0 Å². The molecule has 0 saturated carbocycles. The quantitative estimate of drug-likeness (QED) is 0.232. The van der Waals surface area contributed by atoms with Gasteiger partial charge in [-0.1, -0.05) is 0 Å². The number of hydrogen-bond acceptors (Lipinski definition) is 7. The molecular weight excluding hydrogens is 551 g/mol. The molecular formula is C20H23IN4O4S2. The molecule has 1 aliphatic heterocycles. The molecule has 0 unspecified atom stereocenters. The number of carbonyl (C=O) groups excluding carboxylic acids is 1. The molecule has 1 N–H and O–H groups in total. The minimum atomic E-state index is -3.56. The maximum atomic E-state index is 13.0. The number of allylic oxidation sites excluding steroid dienone is 1. The summed E-state index contributed by atoms with van der Waals surface area (Å²) in [6.45, 7) is 2.69. The highest BCUT2D eigenvalue weighted by atomic mass is 127. The summed E-state index contributed by atoms with van der Waals surface area (Å²) in [6, 6.07) is 7.28. The normalized spacial score (nSPS) is 15.6. The lowest BCUT2D eigenvalue weighted by Crippen LogP contribution is -2.33. The van der Waals surface area contributed by atoms with Crippen molar-refractivity contribution in [1.29, 1.82) is 5.26 Å². The molecule has 0 spiro atoms. The number of benzene rings is 1. The van der Waals surface area contributed by atoms with Crippen LogP contribution in [0.15, 0.2) is 30.0 Å². The van der Waals surface area contributed by atoms with Crippen LogP contribution in [0.5, 0.6) is 0 Å². The van der Waals surface area contributed by atoms with E-state index in [0.29, 0.717) is 43.0 Å². The van der Waals surface area contributed by atoms with Crippen molar-refractivity contribution in [2.45, 2.75) is 25.0 Å². The largest absolute Gasteiger partial charge is 0.382 e. The van der Waals surface area contributed by atoms with Gasteiger partial charge in [0.25, 0.3) is 0 Å². The fourth-order valence-electron chi connectivity index (χ4n) is 3.45. The molecule has 1 aromatic carbocycles. The average molecular weight is 574 g/mol. The van der Waals surface area contributed by atoms with Crippen molar-refractivity contribution in [2.75, 3.05) is 32.0 Å². The van der Waals surface area contributed by atoms with Crippen molar-refractivity contribution in [1.82, 2.24) is 8.87 Å². The number of anilines is 1. The van der Waals surface area contributed by atoms with Crippen LogP contribution in [0.25, 0.3) is 10.9 Å². The summed E-state index contributed by atoms with van der Waals surface area (Å²) in [4.78, 5) is 14.6. The van der Waals surface area contributed by atoms with Gasteiger partial charge in [0.2, 0.25) is 15.8 Å². The maximum absolute atomic E-state index is 13.0. The number of aromatic nitrogens is 1. The third-order valence-corrected chi connectivity index (χ3v) is 8.58. The smallest absolute Gasteiger partial charge is 0.235 e. The molecule has 1 saturated heterocycles. The monoisotopic (exact) mass is 574 g/mol. The SMILES string of the molecule is Cc1cc2cc(C(=O)/C(C#N)=C/N(C)C)n(SI)c2cc1NS(=O)(=O)C1CCOCC1. The van der Waals surface area contributed by atoms with Gasteiger partial charge in [0.1, 0.15) is 17.3 Å². The number of Topliss-reactive ketones (excluding diaryl/α,β-unsaturated/α-hetero) is 1. The van der Waals surface area contributed by atoms with Crippen molar-refractivity contribution in [3.05, 3.63) is 41.2 Å². The van der Waals surface area contributed by atoms with Crippen molar-refractivity contribution in [3.8, 4) is 6.07 Å². The topological polar surface area (TPSA) is 104 Å². The molecule has 3 rings (SSSR count). The molecule has 0 radical (unpaired) electrons. The van der Waals surface area contributed by atoms with Crippen molar-refractivity contribution >= 4 is 62.7 Å². The van der Waals surface area contributed by atoms with Crippen molar-refractivity contribution in [3.63, 3.8) is 0 Å². The summed E-state index contributed by atoms with van der Waals surface area (Å²) in [5.74, 6) is -0.390. The molecule has 0 aliphatic carbocycles. The minimum Gasteiger partial charge on any atom is -0.382 e. The van der Waals surface area contributed by atoms with Gasteiger partial charge in [-0.05, 0) is 43.5 Å². The van der Waals surface area contributed by atoms with Gasteiger partial charge in [0.05, 0.1) is 16.5 Å². The zero-order valence-electron chi connectivity index (χ0n) is 17.4.